The maximum absolute atomic E-state index is 13.3. The standard InChI is InChI=1S/C12H13F3N2O.ClH/c13-7-5-9(15)11(6-8(7)14)17-12(18)10-3-1-2-4-16-10;/h5-6,10,16H,1-4H2,(H,17,18);1H. The molecule has 1 aromatic rings. The fourth-order valence-electron chi connectivity index (χ4n) is 1.91. The van der Waals surface area contributed by atoms with Gasteiger partial charge in [0, 0.05) is 12.1 Å². The van der Waals surface area contributed by atoms with E-state index >= 15 is 0 Å². The Hall–Kier alpha value is -1.27. The molecule has 7 heteroatoms. The second kappa shape index (κ2) is 6.77. The minimum Gasteiger partial charge on any atom is -0.322 e. The van der Waals surface area contributed by atoms with Crippen molar-refractivity contribution in [2.45, 2.75) is 25.3 Å². The first-order valence-corrected chi connectivity index (χ1v) is 5.76. The van der Waals surface area contributed by atoms with Crippen LogP contribution in [-0.4, -0.2) is 18.5 Å². The van der Waals surface area contributed by atoms with E-state index in [-0.39, 0.29) is 18.1 Å². The minimum atomic E-state index is -1.28. The van der Waals surface area contributed by atoms with Crippen molar-refractivity contribution in [2.24, 2.45) is 0 Å². The normalized spacial score (nSPS) is 18.6. The van der Waals surface area contributed by atoms with E-state index in [2.05, 4.69) is 10.6 Å². The van der Waals surface area contributed by atoms with Crippen LogP contribution >= 0.6 is 12.4 Å². The Morgan fingerprint density at radius 3 is 2.47 bits per heavy atom. The van der Waals surface area contributed by atoms with E-state index in [9.17, 15) is 18.0 Å². The summed E-state index contributed by atoms with van der Waals surface area (Å²) in [6.45, 7) is 0.721. The summed E-state index contributed by atoms with van der Waals surface area (Å²) in [6.07, 6.45) is 2.55. The Morgan fingerprint density at radius 1 is 1.16 bits per heavy atom. The van der Waals surface area contributed by atoms with Gasteiger partial charge in [-0.1, -0.05) is 6.42 Å². The second-order valence-corrected chi connectivity index (χ2v) is 4.24. The smallest absolute Gasteiger partial charge is 0.241 e. The highest BCUT2D eigenvalue weighted by Gasteiger charge is 2.22. The summed E-state index contributed by atoms with van der Waals surface area (Å²) in [5.74, 6) is -3.89. The maximum Gasteiger partial charge on any atom is 0.241 e. The first-order valence-electron chi connectivity index (χ1n) is 5.76. The van der Waals surface area contributed by atoms with Crippen molar-refractivity contribution in [1.82, 2.24) is 5.32 Å². The number of hydrogen-bond acceptors (Lipinski definition) is 2. The van der Waals surface area contributed by atoms with Gasteiger partial charge in [0.1, 0.15) is 5.82 Å². The SMILES string of the molecule is Cl.O=C(Nc1cc(F)c(F)cc1F)C1CCCCN1. The molecule has 1 atom stereocenters. The average molecular weight is 295 g/mol. The molecule has 2 rings (SSSR count). The van der Waals surface area contributed by atoms with Crippen LogP contribution in [0, 0.1) is 17.5 Å². The lowest BCUT2D eigenvalue weighted by Gasteiger charge is -2.22. The van der Waals surface area contributed by atoms with Gasteiger partial charge in [0.25, 0.3) is 0 Å². The third-order valence-corrected chi connectivity index (χ3v) is 2.89. The molecule has 0 spiro atoms. The largest absolute Gasteiger partial charge is 0.322 e. The van der Waals surface area contributed by atoms with E-state index in [1.807, 2.05) is 0 Å². The lowest BCUT2D eigenvalue weighted by molar-refractivity contribution is -0.118. The van der Waals surface area contributed by atoms with Gasteiger partial charge >= 0.3 is 0 Å². The van der Waals surface area contributed by atoms with Crippen LogP contribution in [-0.2, 0) is 4.79 Å². The molecule has 0 saturated carbocycles. The quantitative estimate of drug-likeness (QED) is 0.823. The van der Waals surface area contributed by atoms with E-state index in [0.717, 1.165) is 19.4 Å². The zero-order valence-electron chi connectivity index (χ0n) is 10.0. The van der Waals surface area contributed by atoms with Crippen molar-refractivity contribution >= 4 is 24.0 Å². The molecule has 106 valence electrons. The van der Waals surface area contributed by atoms with E-state index in [1.165, 1.54) is 0 Å². The van der Waals surface area contributed by atoms with Gasteiger partial charge in [-0.05, 0) is 19.4 Å². The molecular weight excluding hydrogens is 281 g/mol. The van der Waals surface area contributed by atoms with Crippen LogP contribution in [0.3, 0.4) is 0 Å². The molecule has 0 bridgehead atoms. The third kappa shape index (κ3) is 3.84. The van der Waals surface area contributed by atoms with Crippen molar-refractivity contribution in [2.75, 3.05) is 11.9 Å². The van der Waals surface area contributed by atoms with Gasteiger partial charge in [-0.25, -0.2) is 13.2 Å². The highest BCUT2D eigenvalue weighted by Crippen LogP contribution is 2.19. The molecule has 0 radical (unpaired) electrons. The van der Waals surface area contributed by atoms with Crippen LogP contribution in [0.15, 0.2) is 12.1 Å². The summed E-state index contributed by atoms with van der Waals surface area (Å²) in [7, 11) is 0. The summed E-state index contributed by atoms with van der Waals surface area (Å²) in [4.78, 5) is 11.8. The maximum atomic E-state index is 13.3. The number of hydrogen-bond donors (Lipinski definition) is 2. The molecule has 1 saturated heterocycles. The predicted molar refractivity (Wildman–Crippen MR) is 67.8 cm³/mol. The number of anilines is 1. The zero-order valence-corrected chi connectivity index (χ0v) is 10.8. The number of rotatable bonds is 2. The van der Waals surface area contributed by atoms with Crippen LogP contribution in [0.25, 0.3) is 0 Å². The molecule has 1 unspecified atom stereocenters. The lowest BCUT2D eigenvalue weighted by Crippen LogP contribution is -2.43. The van der Waals surface area contributed by atoms with Crippen molar-refractivity contribution in [3.63, 3.8) is 0 Å². The number of benzene rings is 1. The highest BCUT2D eigenvalue weighted by atomic mass is 35.5. The Balaban J connectivity index is 0.00000180. The van der Waals surface area contributed by atoms with E-state index in [4.69, 9.17) is 0 Å². The van der Waals surface area contributed by atoms with Crippen LogP contribution in [0.4, 0.5) is 18.9 Å². The number of carbonyl (C=O) groups is 1. The molecule has 19 heavy (non-hydrogen) atoms. The molecule has 2 N–H and O–H groups in total. The topological polar surface area (TPSA) is 41.1 Å². The molecule has 0 aliphatic carbocycles. The first-order chi connectivity index (χ1) is 8.58. The van der Waals surface area contributed by atoms with Gasteiger partial charge in [-0.3, -0.25) is 4.79 Å². The number of piperidine rings is 1. The van der Waals surface area contributed by atoms with Gasteiger partial charge in [0.2, 0.25) is 5.91 Å². The van der Waals surface area contributed by atoms with Crippen LogP contribution in [0.5, 0.6) is 0 Å². The molecule has 1 aliphatic heterocycles. The number of amides is 1. The summed E-state index contributed by atoms with van der Waals surface area (Å²) < 4.78 is 39.0. The minimum absolute atomic E-state index is 0. The van der Waals surface area contributed by atoms with Gasteiger partial charge in [0.05, 0.1) is 11.7 Å². The predicted octanol–water partition coefficient (Wildman–Crippen LogP) is 2.61. The van der Waals surface area contributed by atoms with Crippen LogP contribution in [0.1, 0.15) is 19.3 Å². The molecule has 1 amide bonds. The molecule has 1 aliphatic rings. The van der Waals surface area contributed by atoms with E-state index in [0.29, 0.717) is 18.6 Å². The summed E-state index contributed by atoms with van der Waals surface area (Å²) >= 11 is 0. The van der Waals surface area contributed by atoms with E-state index < -0.39 is 29.4 Å². The average Bonchev–Trinajstić information content (AvgIpc) is 2.37. The Kier molecular flexibility index (Phi) is 5.62. The number of carbonyl (C=O) groups excluding carboxylic acids is 1. The second-order valence-electron chi connectivity index (χ2n) is 4.24. The van der Waals surface area contributed by atoms with E-state index in [1.54, 1.807) is 0 Å². The van der Waals surface area contributed by atoms with Gasteiger partial charge in [-0.2, -0.15) is 0 Å². The molecule has 0 aromatic heterocycles. The Labute approximate surface area is 115 Å². The number of nitrogens with one attached hydrogen (secondary N) is 2. The molecule has 1 fully saturated rings. The summed E-state index contributed by atoms with van der Waals surface area (Å²) in [6, 6.07) is 0.649. The summed E-state index contributed by atoms with van der Waals surface area (Å²) in [5.41, 5.74) is -0.341. The van der Waals surface area contributed by atoms with Gasteiger partial charge in [0.15, 0.2) is 11.6 Å². The Morgan fingerprint density at radius 2 is 1.84 bits per heavy atom. The summed E-state index contributed by atoms with van der Waals surface area (Å²) in [5, 5.41) is 5.25. The lowest BCUT2D eigenvalue weighted by atomic mass is 10.0. The first kappa shape index (κ1) is 15.8. The van der Waals surface area contributed by atoms with Crippen molar-refractivity contribution in [3.8, 4) is 0 Å². The number of halogens is 4. The highest BCUT2D eigenvalue weighted by molar-refractivity contribution is 5.95. The fourth-order valence-corrected chi connectivity index (χ4v) is 1.91. The molecular formula is C12H14ClF3N2O. The van der Waals surface area contributed by atoms with Crippen molar-refractivity contribution in [1.29, 1.82) is 0 Å². The molecule has 3 nitrogen and oxygen atoms in total. The van der Waals surface area contributed by atoms with Gasteiger partial charge < -0.3 is 10.6 Å². The fraction of sp³-hybridized carbons (Fsp3) is 0.417. The Bertz CT molecular complexity index is 465. The van der Waals surface area contributed by atoms with Crippen LogP contribution < -0.4 is 10.6 Å². The molecule has 1 aromatic carbocycles. The zero-order chi connectivity index (χ0) is 13.1. The van der Waals surface area contributed by atoms with Gasteiger partial charge in [-0.15, -0.1) is 12.4 Å². The monoisotopic (exact) mass is 294 g/mol. The molecule has 1 heterocycles. The third-order valence-electron chi connectivity index (χ3n) is 2.89. The van der Waals surface area contributed by atoms with Crippen molar-refractivity contribution in [3.05, 3.63) is 29.6 Å². The van der Waals surface area contributed by atoms with Crippen LogP contribution in [0.2, 0.25) is 0 Å². The van der Waals surface area contributed by atoms with Crippen molar-refractivity contribution < 1.29 is 18.0 Å².